The van der Waals surface area contributed by atoms with E-state index in [1.54, 1.807) is 0 Å². The van der Waals surface area contributed by atoms with Gasteiger partial charge in [0, 0.05) is 36.5 Å². The van der Waals surface area contributed by atoms with Gasteiger partial charge in [-0.15, -0.1) is 0 Å². The van der Waals surface area contributed by atoms with Crippen molar-refractivity contribution in [2.24, 2.45) is 0 Å². The number of carbonyl (C=O) groups excluding carboxylic acids is 2. The van der Waals surface area contributed by atoms with Crippen LogP contribution in [0.4, 0.5) is 11.4 Å². The summed E-state index contributed by atoms with van der Waals surface area (Å²) in [5.74, 6) is -0.457. The predicted octanol–water partition coefficient (Wildman–Crippen LogP) is 4.98. The van der Waals surface area contributed by atoms with E-state index in [9.17, 15) is 9.59 Å². The summed E-state index contributed by atoms with van der Waals surface area (Å²) >= 11 is 0. The lowest BCUT2D eigenvalue weighted by atomic mass is 9.94. The molecule has 0 saturated carbocycles. The van der Waals surface area contributed by atoms with Gasteiger partial charge in [-0.1, -0.05) is 24.3 Å². The first kappa shape index (κ1) is 27.9. The van der Waals surface area contributed by atoms with E-state index in [4.69, 9.17) is 0 Å². The molecule has 10 heteroatoms. The standard InChI is InChI=1S/C32H38N8O2/c1-19-21(9-5-11-23(19)35-31(41)27-17-29-25(33-3)13-7-15-39(29)37-27)22-10-6-12-24(20(22)2)36-32(42)28-18-30-26(34-4)14-8-16-40(30)38-28/h5-6,9-12,17-18,25-26,33-34H,7-8,13-16H2,1-4H3,(H,35,41)(H,36,42). The third-order valence-corrected chi connectivity index (χ3v) is 8.68. The molecule has 0 spiro atoms. The van der Waals surface area contributed by atoms with Crippen LogP contribution >= 0.6 is 0 Å². The van der Waals surface area contributed by atoms with Crippen LogP contribution in [0, 0.1) is 13.8 Å². The van der Waals surface area contributed by atoms with Crippen LogP contribution in [0.3, 0.4) is 0 Å². The molecule has 0 aliphatic carbocycles. The molecule has 2 aliphatic rings. The fraction of sp³-hybridized carbons (Fsp3) is 0.375. The summed E-state index contributed by atoms with van der Waals surface area (Å²) in [6.45, 7) is 5.64. The summed E-state index contributed by atoms with van der Waals surface area (Å²) in [5, 5.41) is 21.9. The molecule has 0 radical (unpaired) electrons. The fourth-order valence-corrected chi connectivity index (χ4v) is 6.27. The Morgan fingerprint density at radius 2 is 1.14 bits per heavy atom. The van der Waals surface area contributed by atoms with Gasteiger partial charge in [0.2, 0.25) is 0 Å². The van der Waals surface area contributed by atoms with E-state index < -0.39 is 0 Å². The molecular weight excluding hydrogens is 528 g/mol. The summed E-state index contributed by atoms with van der Waals surface area (Å²) in [7, 11) is 3.88. The average Bonchev–Trinajstić information content (AvgIpc) is 3.64. The molecule has 42 heavy (non-hydrogen) atoms. The number of hydrogen-bond acceptors (Lipinski definition) is 6. The van der Waals surface area contributed by atoms with E-state index in [0.717, 1.165) is 83.8 Å². The lowest BCUT2D eigenvalue weighted by molar-refractivity contribution is 0.101. The van der Waals surface area contributed by atoms with Crippen LogP contribution in [0.5, 0.6) is 0 Å². The van der Waals surface area contributed by atoms with Crippen molar-refractivity contribution in [3.63, 3.8) is 0 Å². The summed E-state index contributed by atoms with van der Waals surface area (Å²) in [4.78, 5) is 26.5. The minimum absolute atomic E-state index is 0.206. The zero-order chi connectivity index (χ0) is 29.4. The number of carbonyl (C=O) groups is 2. The summed E-state index contributed by atoms with van der Waals surface area (Å²) in [6.07, 6.45) is 4.12. The first-order valence-electron chi connectivity index (χ1n) is 14.7. The van der Waals surface area contributed by atoms with Crippen molar-refractivity contribution in [3.05, 3.63) is 82.4 Å². The number of fused-ring (bicyclic) bond motifs is 2. The van der Waals surface area contributed by atoms with Crippen molar-refractivity contribution in [2.75, 3.05) is 24.7 Å². The summed E-state index contributed by atoms with van der Waals surface area (Å²) in [6, 6.07) is 15.9. The minimum atomic E-state index is -0.229. The van der Waals surface area contributed by atoms with Crippen LogP contribution in [0.2, 0.25) is 0 Å². The zero-order valence-electron chi connectivity index (χ0n) is 24.6. The Morgan fingerprint density at radius 3 is 1.55 bits per heavy atom. The third kappa shape index (κ3) is 5.12. The molecule has 2 aromatic carbocycles. The lowest BCUT2D eigenvalue weighted by Gasteiger charge is -2.22. The number of benzene rings is 2. The van der Waals surface area contributed by atoms with Gasteiger partial charge in [-0.3, -0.25) is 19.0 Å². The van der Waals surface area contributed by atoms with Gasteiger partial charge >= 0.3 is 0 Å². The van der Waals surface area contributed by atoms with E-state index in [2.05, 4.69) is 31.5 Å². The van der Waals surface area contributed by atoms with Gasteiger partial charge in [-0.05, 0) is 100 Å². The number of anilines is 2. The van der Waals surface area contributed by atoms with Crippen molar-refractivity contribution in [3.8, 4) is 11.1 Å². The van der Waals surface area contributed by atoms with Gasteiger partial charge in [-0.25, -0.2) is 0 Å². The van der Waals surface area contributed by atoms with Crippen molar-refractivity contribution >= 4 is 23.2 Å². The average molecular weight is 567 g/mol. The fourth-order valence-electron chi connectivity index (χ4n) is 6.27. The van der Waals surface area contributed by atoms with Crippen LogP contribution in [-0.2, 0) is 13.1 Å². The SMILES string of the molecule is CNC1CCCn2nc(C(=O)Nc3cccc(-c4cccc(NC(=O)c5cc6n(n5)CCCC6NC)c4C)c3C)cc21. The Bertz CT molecular complexity index is 1530. The van der Waals surface area contributed by atoms with Gasteiger partial charge in [0.1, 0.15) is 0 Å². The Balaban J connectivity index is 1.23. The molecule has 0 bridgehead atoms. The van der Waals surface area contributed by atoms with Crippen LogP contribution in [-0.4, -0.2) is 45.5 Å². The largest absolute Gasteiger partial charge is 0.320 e. The number of amides is 2. The van der Waals surface area contributed by atoms with E-state index >= 15 is 0 Å². The first-order chi connectivity index (χ1) is 20.4. The Hall–Kier alpha value is -4.28. The maximum atomic E-state index is 13.3. The van der Waals surface area contributed by atoms with E-state index in [1.165, 1.54) is 0 Å². The Morgan fingerprint density at radius 1 is 0.714 bits per heavy atom. The highest BCUT2D eigenvalue weighted by Crippen LogP contribution is 2.34. The zero-order valence-corrected chi connectivity index (χ0v) is 24.6. The highest BCUT2D eigenvalue weighted by molar-refractivity contribution is 6.05. The monoisotopic (exact) mass is 566 g/mol. The number of nitrogens with one attached hydrogen (secondary N) is 4. The van der Waals surface area contributed by atoms with Crippen LogP contribution < -0.4 is 21.3 Å². The molecule has 4 aromatic rings. The summed E-state index contributed by atoms with van der Waals surface area (Å²) in [5.41, 5.74) is 8.22. The number of aryl methyl sites for hydroxylation is 2. The first-order valence-corrected chi connectivity index (χ1v) is 14.7. The summed E-state index contributed by atoms with van der Waals surface area (Å²) < 4.78 is 3.87. The minimum Gasteiger partial charge on any atom is -0.320 e. The third-order valence-electron chi connectivity index (χ3n) is 8.68. The molecule has 0 saturated heterocycles. The number of aromatic nitrogens is 4. The smallest absolute Gasteiger partial charge is 0.276 e. The van der Waals surface area contributed by atoms with Gasteiger partial charge in [0.15, 0.2) is 11.4 Å². The van der Waals surface area contributed by atoms with Gasteiger partial charge < -0.3 is 21.3 Å². The normalized spacial score (nSPS) is 17.8. The Kier molecular flexibility index (Phi) is 7.66. The van der Waals surface area contributed by atoms with E-state index in [1.807, 2.05) is 85.8 Å². The molecule has 6 rings (SSSR count). The molecule has 10 nitrogen and oxygen atoms in total. The molecule has 2 amide bonds. The molecule has 2 atom stereocenters. The molecule has 0 fully saturated rings. The van der Waals surface area contributed by atoms with Crippen molar-refractivity contribution in [1.82, 2.24) is 30.2 Å². The molecule has 4 N–H and O–H groups in total. The number of rotatable bonds is 7. The van der Waals surface area contributed by atoms with Crippen molar-refractivity contribution in [2.45, 2.75) is 64.7 Å². The highest BCUT2D eigenvalue weighted by Gasteiger charge is 2.25. The topological polar surface area (TPSA) is 118 Å². The van der Waals surface area contributed by atoms with E-state index in [-0.39, 0.29) is 23.9 Å². The van der Waals surface area contributed by atoms with Gasteiger partial charge in [-0.2, -0.15) is 10.2 Å². The molecule has 218 valence electrons. The predicted molar refractivity (Wildman–Crippen MR) is 164 cm³/mol. The maximum absolute atomic E-state index is 13.3. The number of nitrogens with zero attached hydrogens (tertiary/aromatic N) is 4. The quantitative estimate of drug-likeness (QED) is 0.251. The van der Waals surface area contributed by atoms with Crippen LogP contribution in [0.25, 0.3) is 11.1 Å². The van der Waals surface area contributed by atoms with E-state index in [0.29, 0.717) is 11.4 Å². The maximum Gasteiger partial charge on any atom is 0.276 e. The van der Waals surface area contributed by atoms with Crippen LogP contribution in [0.1, 0.15) is 81.3 Å². The highest BCUT2D eigenvalue weighted by atomic mass is 16.2. The second kappa shape index (κ2) is 11.5. The van der Waals surface area contributed by atoms with Crippen LogP contribution in [0.15, 0.2) is 48.5 Å². The molecule has 2 aromatic heterocycles. The second-order valence-corrected chi connectivity index (χ2v) is 11.2. The lowest BCUT2D eigenvalue weighted by Crippen LogP contribution is -2.24. The number of hydrogen-bond donors (Lipinski definition) is 4. The molecule has 2 aliphatic heterocycles. The Labute approximate surface area is 245 Å². The molecular formula is C32H38N8O2. The van der Waals surface area contributed by atoms with Gasteiger partial charge in [0.05, 0.1) is 11.4 Å². The van der Waals surface area contributed by atoms with Crippen molar-refractivity contribution < 1.29 is 9.59 Å². The van der Waals surface area contributed by atoms with Crippen molar-refractivity contribution in [1.29, 1.82) is 0 Å². The van der Waals surface area contributed by atoms with Gasteiger partial charge in [0.25, 0.3) is 11.8 Å². The second-order valence-electron chi connectivity index (χ2n) is 11.2. The molecule has 4 heterocycles. The molecule has 2 unspecified atom stereocenters.